The summed E-state index contributed by atoms with van der Waals surface area (Å²) in [6, 6.07) is 6.43. The second-order valence-corrected chi connectivity index (χ2v) is 4.38. The maximum Gasteiger partial charge on any atom is 0.282 e. The van der Waals surface area contributed by atoms with Crippen molar-refractivity contribution in [1.82, 2.24) is 15.5 Å². The average molecular weight is 260 g/mol. The number of nitrogens with zero attached hydrogens (tertiary/aromatic N) is 3. The number of aromatic nitrogens is 2. The highest BCUT2D eigenvalue weighted by Gasteiger charge is 2.24. The van der Waals surface area contributed by atoms with Gasteiger partial charge in [-0.2, -0.15) is 4.98 Å². The molecule has 2 aromatic rings. The Balaban J connectivity index is 1.96. The molecule has 3 rings (SSSR count). The lowest BCUT2D eigenvalue weighted by atomic mass is 10.2. The van der Waals surface area contributed by atoms with Gasteiger partial charge in [-0.3, -0.25) is 10.1 Å². The molecule has 98 valence electrons. The fraction of sp³-hybridized carbons (Fsp3) is 0.333. The van der Waals surface area contributed by atoms with Gasteiger partial charge in [-0.25, -0.2) is 0 Å². The van der Waals surface area contributed by atoms with Gasteiger partial charge in [-0.05, 0) is 25.5 Å². The summed E-state index contributed by atoms with van der Waals surface area (Å²) < 4.78 is 5.15. The van der Waals surface area contributed by atoms with Crippen LogP contribution in [-0.2, 0) is 0 Å². The summed E-state index contributed by atoms with van der Waals surface area (Å²) in [4.78, 5) is 14.8. The molecule has 0 bridgehead atoms. The molecule has 0 saturated carbocycles. The number of benzene rings is 1. The summed E-state index contributed by atoms with van der Waals surface area (Å²) in [7, 11) is 0. The van der Waals surface area contributed by atoms with E-state index in [9.17, 15) is 10.1 Å². The zero-order valence-corrected chi connectivity index (χ0v) is 10.1. The Morgan fingerprint density at radius 1 is 1.42 bits per heavy atom. The van der Waals surface area contributed by atoms with Crippen LogP contribution in [0.5, 0.6) is 0 Å². The molecule has 0 amide bonds. The molecule has 0 aliphatic carbocycles. The molecular weight excluding hydrogens is 248 g/mol. The maximum atomic E-state index is 11.0. The van der Waals surface area contributed by atoms with E-state index in [-0.39, 0.29) is 17.6 Å². The average Bonchev–Trinajstić information content (AvgIpc) is 3.09. The summed E-state index contributed by atoms with van der Waals surface area (Å²) in [5.41, 5.74) is 0.321. The molecule has 0 spiro atoms. The molecule has 1 aromatic heterocycles. The third kappa shape index (κ3) is 2.19. The first kappa shape index (κ1) is 11.8. The minimum Gasteiger partial charge on any atom is -0.334 e. The second kappa shape index (κ2) is 4.77. The molecule has 1 N–H and O–H groups in total. The summed E-state index contributed by atoms with van der Waals surface area (Å²) in [6.45, 7) is 0.931. The van der Waals surface area contributed by atoms with E-state index < -0.39 is 4.92 Å². The van der Waals surface area contributed by atoms with Gasteiger partial charge in [0.2, 0.25) is 0 Å². The molecule has 7 nitrogen and oxygen atoms in total. The van der Waals surface area contributed by atoms with Crippen LogP contribution < -0.4 is 5.32 Å². The van der Waals surface area contributed by atoms with E-state index in [1.165, 1.54) is 6.07 Å². The Morgan fingerprint density at radius 3 is 3.00 bits per heavy atom. The summed E-state index contributed by atoms with van der Waals surface area (Å²) in [6.07, 6.45) is 2.02. The third-order valence-electron chi connectivity index (χ3n) is 3.14. The van der Waals surface area contributed by atoms with Gasteiger partial charge < -0.3 is 9.84 Å². The number of nitro groups is 1. The Morgan fingerprint density at radius 2 is 2.26 bits per heavy atom. The van der Waals surface area contributed by atoms with Crippen LogP contribution in [0.25, 0.3) is 11.5 Å². The normalized spacial score (nSPS) is 18.6. The van der Waals surface area contributed by atoms with Crippen molar-refractivity contribution in [2.24, 2.45) is 0 Å². The Labute approximate surface area is 108 Å². The number of nitro benzene ring substituents is 1. The van der Waals surface area contributed by atoms with E-state index in [2.05, 4.69) is 15.5 Å². The summed E-state index contributed by atoms with van der Waals surface area (Å²) in [5.74, 6) is 0.752. The lowest BCUT2D eigenvalue weighted by Crippen LogP contribution is -2.14. The van der Waals surface area contributed by atoms with E-state index in [1.807, 2.05) is 0 Å². The number of rotatable bonds is 3. The van der Waals surface area contributed by atoms with Crippen molar-refractivity contribution in [3.8, 4) is 11.5 Å². The van der Waals surface area contributed by atoms with E-state index in [0.717, 1.165) is 19.4 Å². The number of nitrogens with one attached hydrogen (secondary N) is 1. The highest BCUT2D eigenvalue weighted by atomic mass is 16.6. The van der Waals surface area contributed by atoms with E-state index in [0.29, 0.717) is 11.4 Å². The zero-order valence-electron chi connectivity index (χ0n) is 10.1. The first-order valence-corrected chi connectivity index (χ1v) is 6.06. The van der Waals surface area contributed by atoms with Crippen LogP contribution in [-0.4, -0.2) is 21.6 Å². The fourth-order valence-corrected chi connectivity index (χ4v) is 2.20. The molecule has 7 heteroatoms. The standard InChI is InChI=1S/C12H12N4O3/c17-16(18)10-6-2-1-4-8(10)12-14-11(15-19-12)9-5-3-7-13-9/h1-2,4,6,9,13H,3,5,7H2. The summed E-state index contributed by atoms with van der Waals surface area (Å²) >= 11 is 0. The Kier molecular flexibility index (Phi) is 2.96. The maximum absolute atomic E-state index is 11.0. The Hall–Kier alpha value is -2.28. The predicted molar refractivity (Wildman–Crippen MR) is 66.4 cm³/mol. The molecule has 1 unspecified atom stereocenters. The van der Waals surface area contributed by atoms with Crippen LogP contribution in [0.3, 0.4) is 0 Å². The van der Waals surface area contributed by atoms with Crippen LogP contribution in [0.1, 0.15) is 24.7 Å². The van der Waals surface area contributed by atoms with Crippen LogP contribution in [0.2, 0.25) is 0 Å². The van der Waals surface area contributed by atoms with Crippen LogP contribution >= 0.6 is 0 Å². The van der Waals surface area contributed by atoms with Gasteiger partial charge in [0.1, 0.15) is 5.56 Å². The van der Waals surface area contributed by atoms with Crippen molar-refractivity contribution in [1.29, 1.82) is 0 Å². The molecule has 0 radical (unpaired) electrons. The smallest absolute Gasteiger partial charge is 0.282 e. The van der Waals surface area contributed by atoms with Crippen LogP contribution in [0.4, 0.5) is 5.69 Å². The van der Waals surface area contributed by atoms with Gasteiger partial charge in [-0.1, -0.05) is 17.3 Å². The molecule has 1 saturated heterocycles. The number of para-hydroxylation sites is 1. The molecule has 19 heavy (non-hydrogen) atoms. The predicted octanol–water partition coefficient (Wildman–Crippen LogP) is 2.07. The number of hydrogen-bond acceptors (Lipinski definition) is 6. The van der Waals surface area contributed by atoms with Gasteiger partial charge in [0.05, 0.1) is 11.0 Å². The molecule has 2 heterocycles. The topological polar surface area (TPSA) is 94.1 Å². The molecule has 1 atom stereocenters. The van der Waals surface area contributed by atoms with Crippen molar-refractivity contribution in [3.05, 3.63) is 40.2 Å². The Bertz CT molecular complexity index is 605. The van der Waals surface area contributed by atoms with Gasteiger partial charge in [-0.15, -0.1) is 0 Å². The second-order valence-electron chi connectivity index (χ2n) is 4.38. The quantitative estimate of drug-likeness (QED) is 0.670. The highest BCUT2D eigenvalue weighted by Crippen LogP contribution is 2.29. The minimum absolute atomic E-state index is 0.0305. The largest absolute Gasteiger partial charge is 0.334 e. The third-order valence-corrected chi connectivity index (χ3v) is 3.14. The van der Waals surface area contributed by atoms with Crippen molar-refractivity contribution in [2.45, 2.75) is 18.9 Å². The molecule has 1 aliphatic rings. The first-order valence-electron chi connectivity index (χ1n) is 6.06. The van der Waals surface area contributed by atoms with Gasteiger partial charge in [0, 0.05) is 6.07 Å². The van der Waals surface area contributed by atoms with Crippen molar-refractivity contribution in [2.75, 3.05) is 6.54 Å². The molecule has 1 fully saturated rings. The fourth-order valence-electron chi connectivity index (χ4n) is 2.20. The van der Waals surface area contributed by atoms with Crippen LogP contribution in [0, 0.1) is 10.1 Å². The van der Waals surface area contributed by atoms with Crippen molar-refractivity contribution < 1.29 is 9.45 Å². The molecule has 1 aromatic carbocycles. The van der Waals surface area contributed by atoms with Crippen molar-refractivity contribution >= 4 is 5.69 Å². The first-order chi connectivity index (χ1) is 9.25. The van der Waals surface area contributed by atoms with Gasteiger partial charge in [0.15, 0.2) is 5.82 Å². The van der Waals surface area contributed by atoms with Crippen LogP contribution in [0.15, 0.2) is 28.8 Å². The lowest BCUT2D eigenvalue weighted by molar-refractivity contribution is -0.384. The van der Waals surface area contributed by atoms with E-state index in [4.69, 9.17) is 4.52 Å². The van der Waals surface area contributed by atoms with Crippen molar-refractivity contribution in [3.63, 3.8) is 0 Å². The zero-order chi connectivity index (χ0) is 13.2. The van der Waals surface area contributed by atoms with Gasteiger partial charge in [0.25, 0.3) is 11.6 Å². The SMILES string of the molecule is O=[N+]([O-])c1ccccc1-c1nc(C2CCCN2)no1. The summed E-state index contributed by atoms with van der Waals surface area (Å²) in [5, 5.41) is 18.1. The van der Waals surface area contributed by atoms with E-state index >= 15 is 0 Å². The van der Waals surface area contributed by atoms with Gasteiger partial charge >= 0.3 is 0 Å². The minimum atomic E-state index is -0.451. The number of hydrogen-bond donors (Lipinski definition) is 1. The van der Waals surface area contributed by atoms with E-state index in [1.54, 1.807) is 18.2 Å². The lowest BCUT2D eigenvalue weighted by Gasteiger charge is -2.01. The molecular formula is C12H12N4O3. The highest BCUT2D eigenvalue weighted by molar-refractivity contribution is 5.66. The monoisotopic (exact) mass is 260 g/mol. The molecule has 1 aliphatic heterocycles.